The molecule has 1 aromatic heterocycles. The van der Waals surface area contributed by atoms with Gasteiger partial charge in [-0.2, -0.15) is 0 Å². The summed E-state index contributed by atoms with van der Waals surface area (Å²) < 4.78 is 6.13. The molecule has 0 spiro atoms. The number of furan rings is 1. The van der Waals surface area contributed by atoms with Gasteiger partial charge in [0, 0.05) is 0 Å². The van der Waals surface area contributed by atoms with Gasteiger partial charge in [0.1, 0.15) is 0 Å². The van der Waals surface area contributed by atoms with Crippen LogP contribution in [-0.4, -0.2) is 0 Å². The van der Waals surface area contributed by atoms with Gasteiger partial charge in [0.05, 0.1) is 0 Å². The third kappa shape index (κ3) is 3.07. The van der Waals surface area contributed by atoms with Gasteiger partial charge in [0.15, 0.2) is 0 Å². The van der Waals surface area contributed by atoms with Crippen molar-refractivity contribution in [2.24, 2.45) is 0 Å². The Kier molecular flexibility index (Phi) is 5.03. The van der Waals surface area contributed by atoms with Crippen LogP contribution in [0.25, 0.3) is 22.8 Å². The molecular weight excluding hydrogens is 442 g/mol. The topological polar surface area (TPSA) is 13.1 Å². The van der Waals surface area contributed by atoms with E-state index < -0.39 is 19.4 Å². The van der Waals surface area contributed by atoms with Crippen molar-refractivity contribution in [2.45, 2.75) is 24.4 Å². The number of rotatable bonds is 3. The molecule has 26 heavy (non-hydrogen) atoms. The summed E-state index contributed by atoms with van der Waals surface area (Å²) in [5, 5.41) is 0. The van der Waals surface area contributed by atoms with Crippen molar-refractivity contribution in [1.82, 2.24) is 0 Å². The molecule has 0 amide bonds. The zero-order chi connectivity index (χ0) is 18.4. The van der Waals surface area contributed by atoms with Crippen molar-refractivity contribution in [3.05, 3.63) is 82.3 Å². The van der Waals surface area contributed by atoms with E-state index >= 15 is 0 Å². The summed E-state index contributed by atoms with van der Waals surface area (Å²) in [4.78, 5) is 0. The van der Waals surface area contributed by atoms with Crippen molar-refractivity contribution in [2.75, 3.05) is 0 Å². The number of hydrogen-bond donors (Lipinski definition) is 0. The molecule has 1 unspecified atom stereocenters. The van der Waals surface area contributed by atoms with Crippen LogP contribution >= 0.6 is 17.0 Å². The Morgan fingerprint density at radius 1 is 0.923 bits per heavy atom. The van der Waals surface area contributed by atoms with Crippen LogP contribution in [0.3, 0.4) is 0 Å². The van der Waals surface area contributed by atoms with E-state index in [-0.39, 0.29) is 3.63 Å². The Morgan fingerprint density at radius 2 is 1.65 bits per heavy atom. The van der Waals surface area contributed by atoms with Crippen LogP contribution in [0.4, 0.5) is 0 Å². The minimum absolute atomic E-state index is 0.101. The second kappa shape index (κ2) is 7.15. The third-order valence-corrected chi connectivity index (χ3v) is 10.3. The van der Waals surface area contributed by atoms with Crippen LogP contribution < -0.4 is 0 Å². The average molecular weight is 462 g/mol. The predicted octanol–water partition coefficient (Wildman–Crippen LogP) is 7.39. The Morgan fingerprint density at radius 3 is 2.27 bits per heavy atom. The number of fused-ring (bicyclic) bond motifs is 1. The normalized spacial score (nSPS) is 15.7. The molecule has 0 saturated carbocycles. The molecule has 1 aliphatic carbocycles. The van der Waals surface area contributed by atoms with Gasteiger partial charge in [0.2, 0.25) is 0 Å². The van der Waals surface area contributed by atoms with Gasteiger partial charge in [0.25, 0.3) is 0 Å². The first kappa shape index (κ1) is 18.3. The SMILES string of the molecule is Cc1cc(C2=Cc3c(ccc(C)c3-c3ccccc3)[CH]2[Zr]([Cl])[Cl])oc1C. The van der Waals surface area contributed by atoms with Gasteiger partial charge >= 0.3 is 170 Å². The van der Waals surface area contributed by atoms with Gasteiger partial charge in [-0.3, -0.25) is 0 Å². The second-order valence-corrected chi connectivity index (χ2v) is 15.6. The van der Waals surface area contributed by atoms with Crippen LogP contribution in [0.5, 0.6) is 0 Å². The molecule has 0 bridgehead atoms. The molecule has 3 aromatic rings. The summed E-state index contributed by atoms with van der Waals surface area (Å²) in [6.45, 7) is 6.23. The summed E-state index contributed by atoms with van der Waals surface area (Å²) in [6.07, 6.45) is 2.25. The van der Waals surface area contributed by atoms with Crippen LogP contribution in [0, 0.1) is 20.8 Å². The molecule has 4 heteroatoms. The summed E-state index contributed by atoms with van der Waals surface area (Å²) in [6, 6.07) is 17.0. The van der Waals surface area contributed by atoms with Crippen molar-refractivity contribution in [3.63, 3.8) is 0 Å². The Labute approximate surface area is 169 Å². The van der Waals surface area contributed by atoms with E-state index in [1.54, 1.807) is 0 Å². The van der Waals surface area contributed by atoms with E-state index in [1.807, 2.05) is 13.0 Å². The van der Waals surface area contributed by atoms with Gasteiger partial charge < -0.3 is 0 Å². The molecule has 1 aliphatic rings. The molecule has 1 nitrogen and oxygen atoms in total. The van der Waals surface area contributed by atoms with Crippen molar-refractivity contribution in [1.29, 1.82) is 0 Å². The fourth-order valence-corrected chi connectivity index (χ4v) is 8.82. The van der Waals surface area contributed by atoms with Crippen molar-refractivity contribution >= 4 is 28.7 Å². The standard InChI is InChI=1S/C22H19O.2ClH.Zr/c1-14-9-10-18-12-19(21-11-15(2)16(3)23-21)13-20(18)22(14)17-7-5-4-6-8-17;;;/h4-13H,1-3H3;2*1H;/q;;;+2/p-2. The maximum absolute atomic E-state index is 6.62. The van der Waals surface area contributed by atoms with E-state index in [2.05, 4.69) is 62.4 Å². The first-order valence-corrected chi connectivity index (χ1v) is 16.4. The number of benzene rings is 2. The zero-order valence-electron chi connectivity index (χ0n) is 14.9. The molecule has 0 saturated heterocycles. The maximum atomic E-state index is 6.62. The van der Waals surface area contributed by atoms with E-state index in [1.165, 1.54) is 27.8 Å². The Hall–Kier alpha value is -1.08. The summed E-state index contributed by atoms with van der Waals surface area (Å²) >= 11 is -2.62. The summed E-state index contributed by atoms with van der Waals surface area (Å²) in [5.74, 6) is 1.85. The fourth-order valence-electron chi connectivity index (χ4n) is 3.71. The zero-order valence-corrected chi connectivity index (χ0v) is 18.9. The first-order valence-electron chi connectivity index (χ1n) is 8.63. The van der Waals surface area contributed by atoms with Gasteiger partial charge in [-0.15, -0.1) is 0 Å². The molecule has 0 N–H and O–H groups in total. The van der Waals surface area contributed by atoms with Gasteiger partial charge in [-0.05, 0) is 0 Å². The van der Waals surface area contributed by atoms with Crippen molar-refractivity contribution in [3.8, 4) is 11.1 Å². The monoisotopic (exact) mass is 459 g/mol. The number of halogens is 2. The summed E-state index contributed by atoms with van der Waals surface area (Å²) in [7, 11) is 13.2. The molecule has 0 fully saturated rings. The molecule has 1 heterocycles. The minimum atomic E-state index is -2.62. The van der Waals surface area contributed by atoms with Crippen LogP contribution in [0.2, 0.25) is 0 Å². The fraction of sp³-hybridized carbons (Fsp3) is 0.182. The quantitative estimate of drug-likeness (QED) is 0.396. The van der Waals surface area contributed by atoms with Gasteiger partial charge in [-0.1, -0.05) is 0 Å². The second-order valence-electron chi connectivity index (χ2n) is 6.80. The molecule has 0 aliphatic heterocycles. The summed E-state index contributed by atoms with van der Waals surface area (Å²) in [5.41, 5.74) is 8.52. The Balaban J connectivity index is 1.95. The van der Waals surface area contributed by atoms with Crippen molar-refractivity contribution < 1.29 is 23.8 Å². The van der Waals surface area contributed by atoms with Gasteiger partial charge in [-0.25, -0.2) is 0 Å². The third-order valence-electron chi connectivity index (χ3n) is 5.14. The van der Waals surface area contributed by atoms with E-state index in [4.69, 9.17) is 21.4 Å². The molecule has 0 radical (unpaired) electrons. The van der Waals surface area contributed by atoms with Crippen LogP contribution in [0.15, 0.2) is 52.9 Å². The molecule has 1 atom stereocenters. The number of aryl methyl sites for hydroxylation is 3. The predicted molar refractivity (Wildman–Crippen MR) is 107 cm³/mol. The number of allylic oxidation sites excluding steroid dienone is 1. The molecule has 4 rings (SSSR count). The molecular formula is C22H19Cl2OZr. The average Bonchev–Trinajstić information content (AvgIpc) is 3.16. The number of hydrogen-bond acceptors (Lipinski definition) is 1. The van der Waals surface area contributed by atoms with Crippen LogP contribution in [-0.2, 0) is 19.4 Å². The van der Waals surface area contributed by atoms with Crippen LogP contribution in [0.1, 0.15) is 37.4 Å². The molecule has 131 valence electrons. The van der Waals surface area contributed by atoms with E-state index in [0.717, 1.165) is 22.7 Å². The molecule has 2 aromatic carbocycles. The van der Waals surface area contributed by atoms with E-state index in [9.17, 15) is 0 Å². The van der Waals surface area contributed by atoms with E-state index in [0.29, 0.717) is 0 Å². The Bertz CT molecular complexity index is 983. The first-order chi connectivity index (χ1) is 12.5.